The molecule has 0 bridgehead atoms. The van der Waals surface area contributed by atoms with E-state index in [1.807, 2.05) is 0 Å². The Kier molecular flexibility index (Phi) is 7.19. The summed E-state index contributed by atoms with van der Waals surface area (Å²) in [5, 5.41) is 23.9. The van der Waals surface area contributed by atoms with Crippen LogP contribution < -0.4 is 5.32 Å². The second-order valence-corrected chi connectivity index (χ2v) is 10.4. The van der Waals surface area contributed by atoms with Crippen LogP contribution in [-0.2, 0) is 10.2 Å². The Labute approximate surface area is 207 Å². The van der Waals surface area contributed by atoms with Crippen LogP contribution in [0.1, 0.15) is 56.1 Å². The van der Waals surface area contributed by atoms with Crippen LogP contribution in [0.4, 0.5) is 8.78 Å². The van der Waals surface area contributed by atoms with Crippen LogP contribution in [0.25, 0.3) is 0 Å². The topological polar surface area (TPSA) is 73.1 Å². The van der Waals surface area contributed by atoms with E-state index in [1.54, 1.807) is 0 Å². The lowest BCUT2D eigenvalue weighted by molar-refractivity contribution is -0.139. The molecule has 4 rings (SSSR count). The molecule has 0 spiro atoms. The fourth-order valence-electron chi connectivity index (χ4n) is 6.01. The number of hydrogen-bond donors (Lipinski definition) is 2. The predicted molar refractivity (Wildman–Crippen MR) is 127 cm³/mol. The molecule has 180 valence electrons. The standard InChI is InChI=1S/C26H26Cl2F2N2O2/c1-14-5-2-3-6-15(14)11-21-26(13-31,18-10-9-16(27)12-20(18)29)22(24(32-21)25(33)34)17-7-4-8-19(28)23(17)30/h4,7-10,12,14-15,21-22,24,32H,2-3,5-6,11H2,1H3,(H,33,34). The van der Waals surface area contributed by atoms with Gasteiger partial charge in [-0.3, -0.25) is 10.1 Å². The zero-order valence-electron chi connectivity index (χ0n) is 18.7. The van der Waals surface area contributed by atoms with Gasteiger partial charge in [-0.25, -0.2) is 8.78 Å². The molecule has 1 saturated heterocycles. The second kappa shape index (κ2) is 9.81. The first-order chi connectivity index (χ1) is 16.2. The van der Waals surface area contributed by atoms with Gasteiger partial charge in [0, 0.05) is 22.5 Å². The van der Waals surface area contributed by atoms with E-state index in [-0.39, 0.29) is 27.1 Å². The van der Waals surface area contributed by atoms with Crippen molar-refractivity contribution in [2.24, 2.45) is 11.8 Å². The minimum absolute atomic E-state index is 0.00786. The lowest BCUT2D eigenvalue weighted by Crippen LogP contribution is -2.44. The van der Waals surface area contributed by atoms with E-state index >= 15 is 8.78 Å². The molecule has 2 N–H and O–H groups in total. The molecule has 2 fully saturated rings. The summed E-state index contributed by atoms with van der Waals surface area (Å²) < 4.78 is 30.8. The highest BCUT2D eigenvalue weighted by molar-refractivity contribution is 6.31. The molecule has 4 nitrogen and oxygen atoms in total. The predicted octanol–water partition coefficient (Wildman–Crippen LogP) is 6.46. The third kappa shape index (κ3) is 4.19. The Morgan fingerprint density at radius 2 is 1.97 bits per heavy atom. The number of hydrogen-bond acceptors (Lipinski definition) is 3. The summed E-state index contributed by atoms with van der Waals surface area (Å²) in [5.41, 5.74) is -1.71. The third-order valence-corrected chi connectivity index (χ3v) is 8.25. The van der Waals surface area contributed by atoms with Gasteiger partial charge in [0.25, 0.3) is 0 Å². The highest BCUT2D eigenvalue weighted by Gasteiger charge is 2.61. The highest BCUT2D eigenvalue weighted by atomic mass is 35.5. The van der Waals surface area contributed by atoms with Gasteiger partial charge in [0.15, 0.2) is 0 Å². The molecule has 6 unspecified atom stereocenters. The number of halogens is 4. The summed E-state index contributed by atoms with van der Waals surface area (Å²) in [7, 11) is 0. The van der Waals surface area contributed by atoms with Gasteiger partial charge < -0.3 is 5.11 Å². The van der Waals surface area contributed by atoms with Crippen LogP contribution in [0.5, 0.6) is 0 Å². The molecule has 8 heteroatoms. The fourth-order valence-corrected chi connectivity index (χ4v) is 6.35. The van der Waals surface area contributed by atoms with Crippen molar-refractivity contribution in [1.29, 1.82) is 5.26 Å². The maximum absolute atomic E-state index is 15.4. The molecule has 1 aliphatic carbocycles. The SMILES string of the molecule is CC1CCCCC1CC1NC(C(=O)O)C(c2cccc(Cl)c2F)C1(C#N)c1ccc(Cl)cc1F. The molecule has 2 aromatic carbocycles. The molecular weight excluding hydrogens is 481 g/mol. The van der Waals surface area contributed by atoms with Crippen molar-refractivity contribution in [1.82, 2.24) is 5.32 Å². The summed E-state index contributed by atoms with van der Waals surface area (Å²) >= 11 is 12.0. The molecule has 6 atom stereocenters. The van der Waals surface area contributed by atoms with Gasteiger partial charge in [0.05, 0.1) is 11.1 Å². The summed E-state index contributed by atoms with van der Waals surface area (Å²) in [4.78, 5) is 12.4. The summed E-state index contributed by atoms with van der Waals surface area (Å²) in [5.74, 6) is -3.37. The highest BCUT2D eigenvalue weighted by Crippen LogP contribution is 2.52. The van der Waals surface area contributed by atoms with Gasteiger partial charge in [0.2, 0.25) is 0 Å². The monoisotopic (exact) mass is 506 g/mol. The number of carboxylic acids is 1. The Bertz CT molecular complexity index is 1140. The number of nitrogens with one attached hydrogen (secondary N) is 1. The van der Waals surface area contributed by atoms with Crippen LogP contribution in [-0.4, -0.2) is 23.2 Å². The number of nitriles is 1. The second-order valence-electron chi connectivity index (χ2n) is 9.52. The van der Waals surface area contributed by atoms with Crippen LogP contribution in [0.2, 0.25) is 10.0 Å². The third-order valence-electron chi connectivity index (χ3n) is 7.73. The number of aliphatic carboxylic acids is 1. The first kappa shape index (κ1) is 24.9. The maximum Gasteiger partial charge on any atom is 0.321 e. The van der Waals surface area contributed by atoms with Crippen molar-refractivity contribution in [3.05, 3.63) is 69.2 Å². The zero-order chi connectivity index (χ0) is 24.6. The largest absolute Gasteiger partial charge is 0.480 e. The Morgan fingerprint density at radius 3 is 2.62 bits per heavy atom. The van der Waals surface area contributed by atoms with E-state index in [0.29, 0.717) is 12.3 Å². The Balaban J connectivity index is 1.95. The number of carboxylic acid groups (broad SMARTS) is 1. The summed E-state index contributed by atoms with van der Waals surface area (Å²) in [6.45, 7) is 2.15. The summed E-state index contributed by atoms with van der Waals surface area (Å²) in [6.07, 6.45) is 4.63. The number of nitrogens with zero attached hydrogens (tertiary/aromatic N) is 1. The van der Waals surface area contributed by atoms with E-state index in [0.717, 1.165) is 31.7 Å². The van der Waals surface area contributed by atoms with E-state index in [1.165, 1.54) is 30.3 Å². The molecule has 1 heterocycles. The molecule has 0 radical (unpaired) electrons. The molecule has 0 amide bonds. The van der Waals surface area contributed by atoms with E-state index in [4.69, 9.17) is 23.2 Å². The van der Waals surface area contributed by atoms with Crippen molar-refractivity contribution in [2.45, 2.75) is 62.4 Å². The van der Waals surface area contributed by atoms with Gasteiger partial charge in [0.1, 0.15) is 23.1 Å². The maximum atomic E-state index is 15.4. The molecule has 1 saturated carbocycles. The normalized spacial score (nSPS) is 31.2. The van der Waals surface area contributed by atoms with Gasteiger partial charge in [-0.15, -0.1) is 0 Å². The van der Waals surface area contributed by atoms with Gasteiger partial charge in [-0.1, -0.05) is 74.0 Å². The quantitative estimate of drug-likeness (QED) is 0.488. The minimum Gasteiger partial charge on any atom is -0.480 e. The first-order valence-corrected chi connectivity index (χ1v) is 12.3. The molecule has 1 aliphatic heterocycles. The number of rotatable bonds is 5. The average molecular weight is 507 g/mol. The first-order valence-electron chi connectivity index (χ1n) is 11.5. The van der Waals surface area contributed by atoms with Gasteiger partial charge in [-0.05, 0) is 42.0 Å². The Hall–Kier alpha value is -2.20. The molecule has 2 aromatic rings. The smallest absolute Gasteiger partial charge is 0.321 e. The van der Waals surface area contributed by atoms with Crippen LogP contribution >= 0.6 is 23.2 Å². The van der Waals surface area contributed by atoms with Crippen LogP contribution in [0.15, 0.2) is 36.4 Å². The van der Waals surface area contributed by atoms with Crippen molar-refractivity contribution in [3.8, 4) is 6.07 Å². The van der Waals surface area contributed by atoms with Crippen molar-refractivity contribution >= 4 is 29.2 Å². The summed E-state index contributed by atoms with van der Waals surface area (Å²) in [6, 6.07) is 8.53. The van der Waals surface area contributed by atoms with Crippen LogP contribution in [0.3, 0.4) is 0 Å². The molecular formula is C26H26Cl2F2N2O2. The molecule has 34 heavy (non-hydrogen) atoms. The molecule has 2 aliphatic rings. The zero-order valence-corrected chi connectivity index (χ0v) is 20.2. The van der Waals surface area contributed by atoms with Crippen LogP contribution in [0, 0.1) is 34.8 Å². The van der Waals surface area contributed by atoms with Crippen molar-refractivity contribution in [2.75, 3.05) is 0 Å². The molecule has 0 aromatic heterocycles. The number of carbonyl (C=O) groups is 1. The average Bonchev–Trinajstić information content (AvgIpc) is 3.12. The van der Waals surface area contributed by atoms with Gasteiger partial charge >= 0.3 is 5.97 Å². The van der Waals surface area contributed by atoms with E-state index < -0.39 is 41.0 Å². The van der Waals surface area contributed by atoms with E-state index in [9.17, 15) is 15.2 Å². The van der Waals surface area contributed by atoms with Crippen molar-refractivity contribution in [3.63, 3.8) is 0 Å². The Morgan fingerprint density at radius 1 is 1.24 bits per heavy atom. The van der Waals surface area contributed by atoms with Crippen molar-refractivity contribution < 1.29 is 18.7 Å². The number of benzene rings is 2. The lowest BCUT2D eigenvalue weighted by Gasteiger charge is -2.38. The fraction of sp³-hybridized carbons (Fsp3) is 0.462. The lowest BCUT2D eigenvalue weighted by atomic mass is 9.62. The van der Waals surface area contributed by atoms with E-state index in [2.05, 4.69) is 18.3 Å². The van der Waals surface area contributed by atoms with Gasteiger partial charge in [-0.2, -0.15) is 5.26 Å². The minimum atomic E-state index is -1.69.